The molecule has 0 unspecified atom stereocenters. The van der Waals surface area contributed by atoms with Crippen molar-refractivity contribution in [2.75, 3.05) is 0 Å². The van der Waals surface area contributed by atoms with Crippen LogP contribution in [0.5, 0.6) is 0 Å². The fourth-order valence-electron chi connectivity index (χ4n) is 0.791. The normalized spacial score (nSPS) is 9.67. The SMILES string of the molecule is [c]1ccnc(-c2ncccn2)n1. The van der Waals surface area contributed by atoms with Crippen LogP contribution in [0.2, 0.25) is 0 Å². The quantitative estimate of drug-likeness (QED) is 0.612. The van der Waals surface area contributed by atoms with E-state index in [4.69, 9.17) is 0 Å². The Bertz CT molecular complexity index is 308. The zero-order valence-electron chi connectivity index (χ0n) is 6.18. The van der Waals surface area contributed by atoms with Gasteiger partial charge in [-0.1, -0.05) is 0 Å². The minimum absolute atomic E-state index is 0.498. The second kappa shape index (κ2) is 3.04. The molecule has 57 valence electrons. The van der Waals surface area contributed by atoms with Gasteiger partial charge in [0.1, 0.15) is 0 Å². The van der Waals surface area contributed by atoms with E-state index in [1.807, 2.05) is 0 Å². The number of nitrogens with zero attached hydrogens (tertiary/aromatic N) is 4. The highest BCUT2D eigenvalue weighted by molar-refractivity contribution is 5.40. The summed E-state index contributed by atoms with van der Waals surface area (Å²) in [5.74, 6) is 1.02. The van der Waals surface area contributed by atoms with Gasteiger partial charge in [0.05, 0.1) is 6.20 Å². The molecule has 2 aromatic heterocycles. The van der Waals surface area contributed by atoms with Gasteiger partial charge in [-0.25, -0.2) is 19.9 Å². The molecule has 0 saturated heterocycles. The smallest absolute Gasteiger partial charge is 0.198 e. The Morgan fingerprint density at radius 1 is 0.917 bits per heavy atom. The first-order valence-corrected chi connectivity index (χ1v) is 3.43. The van der Waals surface area contributed by atoms with Crippen molar-refractivity contribution in [3.8, 4) is 11.6 Å². The number of aromatic nitrogens is 4. The predicted octanol–water partition coefficient (Wildman–Crippen LogP) is 0.734. The van der Waals surface area contributed by atoms with Crippen LogP contribution in [-0.4, -0.2) is 19.9 Å². The van der Waals surface area contributed by atoms with E-state index in [1.165, 1.54) is 0 Å². The Morgan fingerprint density at radius 2 is 1.67 bits per heavy atom. The summed E-state index contributed by atoms with van der Waals surface area (Å²) in [6.07, 6.45) is 7.58. The zero-order valence-corrected chi connectivity index (χ0v) is 6.18. The van der Waals surface area contributed by atoms with E-state index in [0.29, 0.717) is 11.6 Å². The first-order chi connectivity index (χ1) is 5.97. The highest BCUT2D eigenvalue weighted by atomic mass is 15.0. The molecule has 0 amide bonds. The molecule has 4 heteroatoms. The maximum Gasteiger partial charge on any atom is 0.198 e. The van der Waals surface area contributed by atoms with Gasteiger partial charge in [0.2, 0.25) is 0 Å². The van der Waals surface area contributed by atoms with Crippen molar-refractivity contribution < 1.29 is 0 Å². The van der Waals surface area contributed by atoms with Crippen molar-refractivity contribution in [2.45, 2.75) is 0 Å². The molecule has 0 N–H and O–H groups in total. The number of rotatable bonds is 1. The van der Waals surface area contributed by atoms with Gasteiger partial charge in [-0.15, -0.1) is 0 Å². The molecule has 0 aliphatic carbocycles. The largest absolute Gasteiger partial charge is 0.234 e. The molecule has 4 nitrogen and oxygen atoms in total. The third-order valence-corrected chi connectivity index (χ3v) is 1.28. The van der Waals surface area contributed by atoms with Gasteiger partial charge < -0.3 is 0 Å². The fraction of sp³-hybridized carbons (Fsp3) is 0. The van der Waals surface area contributed by atoms with E-state index in [0.717, 1.165) is 0 Å². The van der Waals surface area contributed by atoms with Crippen molar-refractivity contribution in [2.24, 2.45) is 0 Å². The molecule has 0 aliphatic rings. The molecule has 2 rings (SSSR count). The van der Waals surface area contributed by atoms with Gasteiger partial charge in [-0.05, 0) is 12.1 Å². The summed E-state index contributed by atoms with van der Waals surface area (Å²) in [5, 5.41) is 0. The Morgan fingerprint density at radius 3 is 2.33 bits per heavy atom. The van der Waals surface area contributed by atoms with E-state index < -0.39 is 0 Å². The Balaban J connectivity index is 2.46. The molecule has 0 aliphatic heterocycles. The van der Waals surface area contributed by atoms with Crippen LogP contribution in [0.15, 0.2) is 30.7 Å². The molecule has 0 bridgehead atoms. The van der Waals surface area contributed by atoms with Crippen molar-refractivity contribution in [1.29, 1.82) is 0 Å². The predicted molar refractivity (Wildman–Crippen MR) is 41.9 cm³/mol. The third kappa shape index (κ3) is 1.27. The van der Waals surface area contributed by atoms with Crippen molar-refractivity contribution >= 4 is 0 Å². The molecule has 0 fully saturated rings. The number of hydrogen-bond acceptors (Lipinski definition) is 4. The zero-order chi connectivity index (χ0) is 8.23. The summed E-state index contributed by atoms with van der Waals surface area (Å²) >= 11 is 0. The topological polar surface area (TPSA) is 51.6 Å². The van der Waals surface area contributed by atoms with E-state index in [-0.39, 0.29) is 0 Å². The lowest BCUT2D eigenvalue weighted by atomic mass is 10.5. The van der Waals surface area contributed by atoms with Gasteiger partial charge in [-0.3, -0.25) is 0 Å². The van der Waals surface area contributed by atoms with Crippen LogP contribution in [0, 0.1) is 6.20 Å². The Kier molecular flexibility index (Phi) is 1.74. The monoisotopic (exact) mass is 157 g/mol. The lowest BCUT2D eigenvalue weighted by molar-refractivity contribution is 1.07. The average Bonchev–Trinajstić information content (AvgIpc) is 2.21. The maximum absolute atomic E-state index is 3.99. The molecule has 2 aromatic rings. The van der Waals surface area contributed by atoms with Crippen LogP contribution in [0.3, 0.4) is 0 Å². The minimum Gasteiger partial charge on any atom is -0.234 e. The van der Waals surface area contributed by atoms with Crippen molar-refractivity contribution in [3.05, 3.63) is 36.9 Å². The molecule has 0 aromatic carbocycles. The second-order valence-electron chi connectivity index (χ2n) is 2.08. The lowest BCUT2D eigenvalue weighted by Gasteiger charge is -1.93. The summed E-state index contributed by atoms with van der Waals surface area (Å²) in [4.78, 5) is 15.9. The summed E-state index contributed by atoms with van der Waals surface area (Å²) in [5.41, 5.74) is 0. The highest BCUT2D eigenvalue weighted by Crippen LogP contribution is 2.03. The first kappa shape index (κ1) is 6.84. The summed E-state index contributed by atoms with van der Waals surface area (Å²) < 4.78 is 0. The molecule has 2 heterocycles. The second-order valence-corrected chi connectivity index (χ2v) is 2.08. The van der Waals surface area contributed by atoms with Crippen LogP contribution in [-0.2, 0) is 0 Å². The van der Waals surface area contributed by atoms with Crippen molar-refractivity contribution in [1.82, 2.24) is 19.9 Å². The van der Waals surface area contributed by atoms with Gasteiger partial charge >= 0.3 is 0 Å². The minimum atomic E-state index is 0.498. The molecular formula is C8H5N4. The van der Waals surface area contributed by atoms with Gasteiger partial charge in [0.15, 0.2) is 11.6 Å². The van der Waals surface area contributed by atoms with E-state index >= 15 is 0 Å². The maximum atomic E-state index is 3.99. The van der Waals surface area contributed by atoms with E-state index in [9.17, 15) is 0 Å². The highest BCUT2D eigenvalue weighted by Gasteiger charge is 1.99. The molecule has 0 spiro atoms. The summed E-state index contributed by atoms with van der Waals surface area (Å²) in [6, 6.07) is 3.38. The first-order valence-electron chi connectivity index (χ1n) is 3.43. The average molecular weight is 157 g/mol. The van der Waals surface area contributed by atoms with Crippen LogP contribution >= 0.6 is 0 Å². The number of hydrogen-bond donors (Lipinski definition) is 0. The Hall–Kier alpha value is -1.84. The van der Waals surface area contributed by atoms with Crippen LogP contribution in [0.1, 0.15) is 0 Å². The molecule has 0 saturated carbocycles. The Labute approximate surface area is 69.4 Å². The van der Waals surface area contributed by atoms with Gasteiger partial charge in [-0.2, -0.15) is 0 Å². The van der Waals surface area contributed by atoms with E-state index in [1.54, 1.807) is 30.7 Å². The van der Waals surface area contributed by atoms with Crippen molar-refractivity contribution in [3.63, 3.8) is 0 Å². The van der Waals surface area contributed by atoms with E-state index in [2.05, 4.69) is 26.1 Å². The lowest BCUT2D eigenvalue weighted by Crippen LogP contribution is -1.92. The van der Waals surface area contributed by atoms with Gasteiger partial charge in [0.25, 0.3) is 0 Å². The van der Waals surface area contributed by atoms with Crippen LogP contribution < -0.4 is 0 Å². The van der Waals surface area contributed by atoms with Crippen LogP contribution in [0.4, 0.5) is 0 Å². The molecule has 12 heavy (non-hydrogen) atoms. The summed E-state index contributed by atoms with van der Waals surface area (Å²) in [6.45, 7) is 0. The van der Waals surface area contributed by atoms with Gasteiger partial charge in [0, 0.05) is 18.6 Å². The molecule has 1 radical (unpaired) electrons. The van der Waals surface area contributed by atoms with Crippen LogP contribution in [0.25, 0.3) is 11.6 Å². The molecule has 0 atom stereocenters. The fourth-order valence-corrected chi connectivity index (χ4v) is 0.791. The third-order valence-electron chi connectivity index (χ3n) is 1.28. The molecular weight excluding hydrogens is 152 g/mol. The summed E-state index contributed by atoms with van der Waals surface area (Å²) in [7, 11) is 0. The standard InChI is InChI=1S/C8H5N4/c1-3-9-7(10-4-1)8-11-5-2-6-12-8/h1-5H.